The van der Waals surface area contributed by atoms with Crippen LogP contribution in [0.5, 0.6) is 0 Å². The number of carboxylic acids is 1. The average Bonchev–Trinajstić information content (AvgIpc) is 2.82. The Morgan fingerprint density at radius 1 is 1.37 bits per heavy atom. The van der Waals surface area contributed by atoms with Crippen molar-refractivity contribution in [3.8, 4) is 0 Å². The molecular weight excluding hydrogens is 264 g/mol. The number of para-hydroxylation sites is 1. The number of carboxylic acid groups (broad SMARTS) is 1. The largest absolute Gasteiger partial charge is 0.549 e. The van der Waals surface area contributed by atoms with Crippen LogP contribution < -0.4 is 5.11 Å². The van der Waals surface area contributed by atoms with Crippen LogP contribution in [0.25, 0.3) is 16.6 Å². The summed E-state index contributed by atoms with van der Waals surface area (Å²) in [7, 11) is 0. The molecule has 0 N–H and O–H groups in total. The van der Waals surface area contributed by atoms with Gasteiger partial charge < -0.3 is 9.90 Å². The maximum atomic E-state index is 10.8. The van der Waals surface area contributed by atoms with Crippen LogP contribution >= 0.6 is 11.8 Å². The third-order valence-corrected chi connectivity index (χ3v) is 3.77. The van der Waals surface area contributed by atoms with Crippen molar-refractivity contribution in [1.29, 1.82) is 0 Å². The van der Waals surface area contributed by atoms with Crippen molar-refractivity contribution in [2.24, 2.45) is 0 Å². The molecule has 1 aromatic carbocycles. The molecule has 0 aliphatic rings. The highest BCUT2D eigenvalue weighted by atomic mass is 32.2. The van der Waals surface area contributed by atoms with Crippen LogP contribution in [0.3, 0.4) is 0 Å². The number of nitrogens with zero attached hydrogens (tertiary/aromatic N) is 4. The molecule has 0 bridgehead atoms. The number of hydrogen-bond acceptors (Lipinski definition) is 6. The van der Waals surface area contributed by atoms with E-state index >= 15 is 0 Å². The number of hydrogen-bond donors (Lipinski definition) is 0. The van der Waals surface area contributed by atoms with Crippen molar-refractivity contribution in [2.75, 3.05) is 0 Å². The Labute approximate surface area is 112 Å². The molecule has 0 radical (unpaired) electrons. The minimum absolute atomic E-state index is 0.491. The van der Waals surface area contributed by atoms with Crippen LogP contribution in [-0.2, 0) is 4.79 Å². The molecule has 6 nitrogen and oxygen atoms in total. The summed E-state index contributed by atoms with van der Waals surface area (Å²) in [4.78, 5) is 15.1. The first-order chi connectivity index (χ1) is 9.16. The lowest BCUT2D eigenvalue weighted by Crippen LogP contribution is -2.31. The SMILES string of the molecule is C[C@@H](Sc1nnc2c3ccccc3ncn12)C(=O)[O-]. The molecule has 0 fully saturated rings. The summed E-state index contributed by atoms with van der Waals surface area (Å²) in [6.45, 7) is 1.55. The van der Waals surface area contributed by atoms with E-state index in [9.17, 15) is 9.90 Å². The summed E-state index contributed by atoms with van der Waals surface area (Å²) in [5.74, 6) is -1.13. The number of rotatable bonds is 3. The third-order valence-electron chi connectivity index (χ3n) is 2.74. The summed E-state index contributed by atoms with van der Waals surface area (Å²) in [5.41, 5.74) is 1.49. The number of carbonyl (C=O) groups excluding carboxylic acids is 1. The predicted octanol–water partition coefficient (Wildman–Crippen LogP) is 0.508. The number of thioether (sulfide) groups is 1. The highest BCUT2D eigenvalue weighted by molar-refractivity contribution is 8.00. The Bertz CT molecular complexity index is 771. The van der Waals surface area contributed by atoms with Gasteiger partial charge in [-0.3, -0.25) is 4.40 Å². The highest BCUT2D eigenvalue weighted by Gasteiger charge is 2.13. The van der Waals surface area contributed by atoms with Gasteiger partial charge in [-0.05, 0) is 19.1 Å². The van der Waals surface area contributed by atoms with Crippen LogP contribution in [0, 0.1) is 0 Å². The lowest BCUT2D eigenvalue weighted by atomic mass is 10.2. The summed E-state index contributed by atoms with van der Waals surface area (Å²) in [6, 6.07) is 7.59. The molecule has 0 saturated carbocycles. The molecule has 0 aliphatic heterocycles. The second-order valence-electron chi connectivity index (χ2n) is 4.02. The Hall–Kier alpha value is -2.15. The normalized spacial score (nSPS) is 12.9. The Morgan fingerprint density at radius 2 is 2.16 bits per heavy atom. The van der Waals surface area contributed by atoms with Crippen LogP contribution in [-0.4, -0.2) is 30.8 Å². The number of carbonyl (C=O) groups is 1. The van der Waals surface area contributed by atoms with Crippen LogP contribution in [0.2, 0.25) is 0 Å². The van der Waals surface area contributed by atoms with E-state index in [0.29, 0.717) is 10.8 Å². The minimum Gasteiger partial charge on any atom is -0.549 e. The number of benzene rings is 1. The van der Waals surface area contributed by atoms with E-state index in [2.05, 4.69) is 15.2 Å². The van der Waals surface area contributed by atoms with Gasteiger partial charge in [0.25, 0.3) is 0 Å². The molecule has 7 heteroatoms. The second-order valence-corrected chi connectivity index (χ2v) is 5.32. The average molecular weight is 273 g/mol. The Balaban J connectivity index is 2.13. The van der Waals surface area contributed by atoms with Gasteiger partial charge >= 0.3 is 0 Å². The van der Waals surface area contributed by atoms with E-state index < -0.39 is 11.2 Å². The maximum Gasteiger partial charge on any atom is 0.197 e. The van der Waals surface area contributed by atoms with Gasteiger partial charge in [0, 0.05) is 10.6 Å². The van der Waals surface area contributed by atoms with E-state index in [1.165, 1.54) is 0 Å². The summed E-state index contributed by atoms with van der Waals surface area (Å²) in [5, 5.41) is 19.6. The lowest BCUT2D eigenvalue weighted by molar-refractivity contribution is -0.304. The molecule has 3 rings (SSSR count). The number of fused-ring (bicyclic) bond motifs is 3. The van der Waals surface area contributed by atoms with Gasteiger partial charge in [0.15, 0.2) is 10.8 Å². The zero-order chi connectivity index (χ0) is 13.4. The maximum absolute atomic E-state index is 10.8. The highest BCUT2D eigenvalue weighted by Crippen LogP contribution is 2.24. The summed E-state index contributed by atoms with van der Waals surface area (Å²) < 4.78 is 1.69. The molecule has 3 aromatic rings. The minimum atomic E-state index is -1.13. The topological polar surface area (TPSA) is 83.2 Å². The Morgan fingerprint density at radius 3 is 2.95 bits per heavy atom. The molecule has 2 aromatic heterocycles. The molecule has 19 heavy (non-hydrogen) atoms. The first-order valence-electron chi connectivity index (χ1n) is 5.63. The van der Waals surface area contributed by atoms with Crippen molar-refractivity contribution < 1.29 is 9.90 Å². The smallest absolute Gasteiger partial charge is 0.197 e. The first kappa shape index (κ1) is 11.9. The molecule has 0 unspecified atom stereocenters. The fourth-order valence-electron chi connectivity index (χ4n) is 1.75. The quantitative estimate of drug-likeness (QED) is 0.646. The van der Waals surface area contributed by atoms with Crippen molar-refractivity contribution in [3.05, 3.63) is 30.6 Å². The number of aromatic nitrogens is 4. The van der Waals surface area contributed by atoms with Gasteiger partial charge in [-0.15, -0.1) is 10.2 Å². The van der Waals surface area contributed by atoms with Gasteiger partial charge in [0.05, 0.1) is 11.5 Å². The van der Waals surface area contributed by atoms with E-state index in [1.807, 2.05) is 24.3 Å². The fraction of sp³-hybridized carbons (Fsp3) is 0.167. The molecule has 0 amide bonds. The molecule has 0 saturated heterocycles. The molecule has 0 aliphatic carbocycles. The van der Waals surface area contributed by atoms with E-state index in [1.54, 1.807) is 17.7 Å². The Kier molecular flexibility index (Phi) is 2.83. The lowest BCUT2D eigenvalue weighted by Gasteiger charge is -2.09. The van der Waals surface area contributed by atoms with E-state index in [-0.39, 0.29) is 0 Å². The van der Waals surface area contributed by atoms with Crippen LogP contribution in [0.1, 0.15) is 6.92 Å². The van der Waals surface area contributed by atoms with E-state index in [4.69, 9.17) is 0 Å². The third kappa shape index (κ3) is 2.01. The van der Waals surface area contributed by atoms with Crippen molar-refractivity contribution in [2.45, 2.75) is 17.3 Å². The summed E-state index contributed by atoms with van der Waals surface area (Å²) >= 11 is 1.08. The fourth-order valence-corrected chi connectivity index (χ4v) is 2.49. The van der Waals surface area contributed by atoms with Crippen LogP contribution in [0.4, 0.5) is 0 Å². The molecule has 0 spiro atoms. The molecule has 1 atom stereocenters. The zero-order valence-corrected chi connectivity index (χ0v) is 10.8. The molecule has 2 heterocycles. The molecule has 96 valence electrons. The number of aliphatic carboxylic acids is 1. The second kappa shape index (κ2) is 4.51. The summed E-state index contributed by atoms with van der Waals surface area (Å²) in [6.07, 6.45) is 1.60. The van der Waals surface area contributed by atoms with Gasteiger partial charge in [0.1, 0.15) is 6.33 Å². The molecular formula is C12H9N4O2S-. The monoisotopic (exact) mass is 273 g/mol. The van der Waals surface area contributed by atoms with Gasteiger partial charge in [-0.25, -0.2) is 4.98 Å². The van der Waals surface area contributed by atoms with E-state index in [0.717, 1.165) is 22.7 Å². The van der Waals surface area contributed by atoms with Crippen molar-refractivity contribution in [3.63, 3.8) is 0 Å². The van der Waals surface area contributed by atoms with Gasteiger partial charge in [-0.1, -0.05) is 23.9 Å². The zero-order valence-electron chi connectivity index (χ0n) is 9.98. The van der Waals surface area contributed by atoms with Crippen LogP contribution in [0.15, 0.2) is 35.7 Å². The van der Waals surface area contributed by atoms with Gasteiger partial charge in [0.2, 0.25) is 0 Å². The van der Waals surface area contributed by atoms with Crippen molar-refractivity contribution in [1.82, 2.24) is 19.6 Å². The first-order valence-corrected chi connectivity index (χ1v) is 6.51. The van der Waals surface area contributed by atoms with Gasteiger partial charge in [-0.2, -0.15) is 0 Å². The van der Waals surface area contributed by atoms with Crippen molar-refractivity contribution >= 4 is 34.3 Å². The standard InChI is InChI=1S/C12H10N4O2S/c1-7(11(17)18)19-12-15-14-10-8-4-2-3-5-9(8)13-6-16(10)12/h2-7H,1H3,(H,17,18)/p-1/t7-/m1/s1. The predicted molar refractivity (Wildman–Crippen MR) is 68.6 cm³/mol.